The predicted molar refractivity (Wildman–Crippen MR) is 104 cm³/mol. The lowest BCUT2D eigenvalue weighted by Crippen LogP contribution is -2.18. The molecule has 0 aliphatic carbocycles. The number of benzene rings is 3. The molecule has 1 atom stereocenters. The van der Waals surface area contributed by atoms with Crippen molar-refractivity contribution < 1.29 is 4.74 Å². The van der Waals surface area contributed by atoms with Crippen LogP contribution in [0.2, 0.25) is 0 Å². The van der Waals surface area contributed by atoms with Gasteiger partial charge in [-0.05, 0) is 24.1 Å². The Morgan fingerprint density at radius 3 is 2.20 bits per heavy atom. The van der Waals surface area contributed by atoms with Gasteiger partial charge in [-0.3, -0.25) is 0 Å². The van der Waals surface area contributed by atoms with Crippen LogP contribution in [0.4, 0.5) is 0 Å². The van der Waals surface area contributed by atoms with E-state index in [9.17, 15) is 0 Å². The molecule has 0 radical (unpaired) electrons. The first-order valence-electron chi connectivity index (χ1n) is 8.86. The van der Waals surface area contributed by atoms with Gasteiger partial charge in [-0.2, -0.15) is 0 Å². The molecule has 0 amide bonds. The van der Waals surface area contributed by atoms with Gasteiger partial charge in [0.2, 0.25) is 0 Å². The normalized spacial score (nSPS) is 11.9. The lowest BCUT2D eigenvalue weighted by molar-refractivity contribution is 0.317. The van der Waals surface area contributed by atoms with Gasteiger partial charge in [0.1, 0.15) is 5.75 Å². The van der Waals surface area contributed by atoms with Gasteiger partial charge in [-0.1, -0.05) is 78.9 Å². The van der Waals surface area contributed by atoms with Crippen molar-refractivity contribution in [3.63, 3.8) is 0 Å². The molecule has 3 aromatic carbocycles. The van der Waals surface area contributed by atoms with Crippen LogP contribution in [0.5, 0.6) is 5.75 Å². The fraction of sp³-hybridized carbons (Fsp3) is 0.217. The number of para-hydroxylation sites is 1. The molecule has 0 saturated heterocycles. The summed E-state index contributed by atoms with van der Waals surface area (Å²) in [5.41, 5.74) is 3.79. The maximum absolute atomic E-state index is 6.04. The molecule has 0 bridgehead atoms. The van der Waals surface area contributed by atoms with Crippen LogP contribution in [0.25, 0.3) is 0 Å². The van der Waals surface area contributed by atoms with Crippen molar-refractivity contribution in [1.29, 1.82) is 0 Å². The highest BCUT2D eigenvalue weighted by molar-refractivity contribution is 5.33. The highest BCUT2D eigenvalue weighted by Crippen LogP contribution is 2.20. The molecule has 0 aromatic heterocycles. The van der Waals surface area contributed by atoms with Crippen molar-refractivity contribution in [3.05, 3.63) is 102 Å². The van der Waals surface area contributed by atoms with E-state index in [4.69, 9.17) is 4.74 Å². The second-order valence-corrected chi connectivity index (χ2v) is 6.21. The highest BCUT2D eigenvalue weighted by atomic mass is 16.5. The summed E-state index contributed by atoms with van der Waals surface area (Å²) in [6.45, 7) is 3.67. The Balaban J connectivity index is 1.55. The van der Waals surface area contributed by atoms with Crippen molar-refractivity contribution in [2.75, 3.05) is 6.61 Å². The van der Waals surface area contributed by atoms with E-state index < -0.39 is 0 Å². The molecule has 0 saturated carbocycles. The minimum atomic E-state index is 0.304. The fourth-order valence-electron chi connectivity index (χ4n) is 2.84. The summed E-state index contributed by atoms with van der Waals surface area (Å²) in [5, 5.41) is 3.58. The smallest absolute Gasteiger partial charge is 0.123 e. The van der Waals surface area contributed by atoms with E-state index in [-0.39, 0.29) is 0 Å². The summed E-state index contributed by atoms with van der Waals surface area (Å²) >= 11 is 0. The SMILES string of the molecule is C[C@@H](NCc1ccccc1OCCc1ccccc1)c1ccccc1. The van der Waals surface area contributed by atoms with Crippen molar-refractivity contribution in [1.82, 2.24) is 5.32 Å². The average Bonchev–Trinajstić information content (AvgIpc) is 2.68. The molecule has 0 heterocycles. The topological polar surface area (TPSA) is 21.3 Å². The van der Waals surface area contributed by atoms with Gasteiger partial charge in [-0.15, -0.1) is 0 Å². The molecule has 128 valence electrons. The molecule has 3 rings (SSSR count). The molecule has 3 aromatic rings. The Kier molecular flexibility index (Phi) is 6.24. The zero-order valence-corrected chi connectivity index (χ0v) is 14.7. The van der Waals surface area contributed by atoms with E-state index in [0.29, 0.717) is 12.6 Å². The lowest BCUT2D eigenvalue weighted by Gasteiger charge is -2.16. The second-order valence-electron chi connectivity index (χ2n) is 6.21. The van der Waals surface area contributed by atoms with Crippen LogP contribution < -0.4 is 10.1 Å². The van der Waals surface area contributed by atoms with Gasteiger partial charge >= 0.3 is 0 Å². The second kappa shape index (κ2) is 9.05. The minimum Gasteiger partial charge on any atom is -0.493 e. The zero-order chi connectivity index (χ0) is 17.3. The summed E-state index contributed by atoms with van der Waals surface area (Å²) < 4.78 is 6.04. The van der Waals surface area contributed by atoms with Crippen LogP contribution >= 0.6 is 0 Å². The quantitative estimate of drug-likeness (QED) is 0.615. The number of ether oxygens (including phenoxy) is 1. The summed E-state index contributed by atoms with van der Waals surface area (Å²) in [6, 6.07) is 29.5. The zero-order valence-electron chi connectivity index (χ0n) is 14.7. The molecule has 25 heavy (non-hydrogen) atoms. The van der Waals surface area contributed by atoms with Gasteiger partial charge in [0.25, 0.3) is 0 Å². The Morgan fingerprint density at radius 2 is 1.44 bits per heavy atom. The highest BCUT2D eigenvalue weighted by Gasteiger charge is 2.07. The molecule has 0 spiro atoms. The molecule has 0 unspecified atom stereocenters. The fourth-order valence-corrected chi connectivity index (χ4v) is 2.84. The number of hydrogen-bond donors (Lipinski definition) is 1. The maximum Gasteiger partial charge on any atom is 0.123 e. The third-order valence-electron chi connectivity index (χ3n) is 4.36. The molecule has 2 nitrogen and oxygen atoms in total. The summed E-state index contributed by atoms with van der Waals surface area (Å²) in [6.07, 6.45) is 0.920. The van der Waals surface area contributed by atoms with E-state index in [1.54, 1.807) is 0 Å². The molecule has 0 aliphatic heterocycles. The monoisotopic (exact) mass is 331 g/mol. The van der Waals surface area contributed by atoms with E-state index in [1.165, 1.54) is 16.7 Å². The van der Waals surface area contributed by atoms with Gasteiger partial charge in [0.05, 0.1) is 6.61 Å². The van der Waals surface area contributed by atoms with E-state index >= 15 is 0 Å². The third-order valence-corrected chi connectivity index (χ3v) is 4.36. The van der Waals surface area contributed by atoms with Crippen LogP contribution in [-0.4, -0.2) is 6.61 Å². The summed E-state index contributed by atoms with van der Waals surface area (Å²) in [5.74, 6) is 0.964. The molecule has 1 N–H and O–H groups in total. The number of rotatable bonds is 8. The van der Waals surface area contributed by atoms with E-state index in [2.05, 4.69) is 79.0 Å². The van der Waals surface area contributed by atoms with Crippen LogP contribution in [0, 0.1) is 0 Å². The largest absolute Gasteiger partial charge is 0.493 e. The van der Waals surface area contributed by atoms with Gasteiger partial charge in [-0.25, -0.2) is 0 Å². The number of nitrogens with one attached hydrogen (secondary N) is 1. The molecule has 2 heteroatoms. The Labute approximate surface area is 150 Å². The third kappa shape index (κ3) is 5.20. The van der Waals surface area contributed by atoms with Crippen molar-refractivity contribution in [2.24, 2.45) is 0 Å². The van der Waals surface area contributed by atoms with Gasteiger partial charge in [0, 0.05) is 24.6 Å². The van der Waals surface area contributed by atoms with E-state index in [1.807, 2.05) is 18.2 Å². The van der Waals surface area contributed by atoms with Crippen LogP contribution in [0.3, 0.4) is 0 Å². The summed E-state index contributed by atoms with van der Waals surface area (Å²) in [4.78, 5) is 0. The molecule has 0 aliphatic rings. The summed E-state index contributed by atoms with van der Waals surface area (Å²) in [7, 11) is 0. The average molecular weight is 331 g/mol. The molecular formula is C23H25NO. The standard InChI is InChI=1S/C23H25NO/c1-19(21-12-6-3-7-13-21)24-18-22-14-8-9-15-23(22)25-17-16-20-10-4-2-5-11-20/h2-15,19,24H,16-18H2,1H3/t19-/m1/s1. The van der Waals surface area contributed by atoms with Crippen molar-refractivity contribution >= 4 is 0 Å². The first kappa shape index (κ1) is 17.2. The molecular weight excluding hydrogens is 306 g/mol. The van der Waals surface area contributed by atoms with Crippen LogP contribution in [-0.2, 0) is 13.0 Å². The first-order valence-corrected chi connectivity index (χ1v) is 8.86. The van der Waals surface area contributed by atoms with Crippen LogP contribution in [0.15, 0.2) is 84.9 Å². The first-order chi connectivity index (χ1) is 12.3. The van der Waals surface area contributed by atoms with Crippen molar-refractivity contribution in [2.45, 2.75) is 25.9 Å². The Bertz CT molecular complexity index is 755. The maximum atomic E-state index is 6.04. The Morgan fingerprint density at radius 1 is 0.800 bits per heavy atom. The van der Waals surface area contributed by atoms with Crippen molar-refractivity contribution in [3.8, 4) is 5.75 Å². The molecule has 0 fully saturated rings. The lowest BCUT2D eigenvalue weighted by atomic mass is 10.1. The van der Waals surface area contributed by atoms with Gasteiger partial charge in [0.15, 0.2) is 0 Å². The predicted octanol–water partition coefficient (Wildman–Crippen LogP) is 5.16. The Hall–Kier alpha value is -2.58. The minimum absolute atomic E-state index is 0.304. The number of hydrogen-bond acceptors (Lipinski definition) is 2. The van der Waals surface area contributed by atoms with Crippen LogP contribution in [0.1, 0.15) is 29.7 Å². The van der Waals surface area contributed by atoms with Gasteiger partial charge < -0.3 is 10.1 Å². The van der Waals surface area contributed by atoms with E-state index in [0.717, 1.165) is 18.7 Å².